The van der Waals surface area contributed by atoms with E-state index >= 15 is 0 Å². The van der Waals surface area contributed by atoms with Gasteiger partial charge in [0.05, 0.1) is 5.52 Å². The van der Waals surface area contributed by atoms with Gasteiger partial charge in [0.15, 0.2) is 5.58 Å². The van der Waals surface area contributed by atoms with Crippen LogP contribution in [0, 0.1) is 0 Å². The number of nitrogens with two attached hydrogens (primary N) is 1. The Morgan fingerprint density at radius 3 is 2.86 bits per heavy atom. The highest BCUT2D eigenvalue weighted by Gasteiger charge is 2.08. The third kappa shape index (κ3) is 3.01. The summed E-state index contributed by atoms with van der Waals surface area (Å²) in [4.78, 5) is 13.0. The van der Waals surface area contributed by atoms with E-state index in [2.05, 4.69) is 15.9 Å². The van der Waals surface area contributed by atoms with Crippen LogP contribution in [0.25, 0.3) is 11.1 Å². The lowest BCUT2D eigenvalue weighted by Crippen LogP contribution is -2.15. The Labute approximate surface area is 134 Å². The molecule has 0 aliphatic heterocycles. The van der Waals surface area contributed by atoms with E-state index in [0.29, 0.717) is 12.1 Å². The van der Waals surface area contributed by atoms with Gasteiger partial charge in [-0.25, -0.2) is 4.79 Å². The Hall–Kier alpha value is -1.66. The van der Waals surface area contributed by atoms with Crippen molar-refractivity contribution in [2.24, 2.45) is 0 Å². The Bertz CT molecular complexity index is 841. The van der Waals surface area contributed by atoms with Gasteiger partial charge in [-0.2, -0.15) is 0 Å². The maximum absolute atomic E-state index is 11.9. The van der Waals surface area contributed by atoms with Crippen molar-refractivity contribution in [3.8, 4) is 0 Å². The lowest BCUT2D eigenvalue weighted by Gasteiger charge is -2.06. The molecule has 2 N–H and O–H groups in total. The average molecular weight is 365 g/mol. The van der Waals surface area contributed by atoms with Gasteiger partial charge in [0.25, 0.3) is 0 Å². The van der Waals surface area contributed by atoms with Crippen LogP contribution in [0.2, 0.25) is 0 Å². The van der Waals surface area contributed by atoms with Gasteiger partial charge in [0, 0.05) is 27.4 Å². The first-order valence-electron chi connectivity index (χ1n) is 6.41. The number of rotatable bonds is 4. The molecule has 0 saturated carbocycles. The molecule has 108 valence electrons. The highest BCUT2D eigenvalue weighted by atomic mass is 79.9. The molecule has 3 aromatic rings. The second-order valence-corrected chi connectivity index (χ2v) is 6.52. The van der Waals surface area contributed by atoms with Gasteiger partial charge >= 0.3 is 5.76 Å². The van der Waals surface area contributed by atoms with Crippen molar-refractivity contribution in [1.29, 1.82) is 0 Å². The molecular weight excluding hydrogens is 352 g/mol. The van der Waals surface area contributed by atoms with Gasteiger partial charge in [-0.05, 0) is 46.3 Å². The molecule has 0 bridgehead atoms. The van der Waals surface area contributed by atoms with Crippen molar-refractivity contribution < 1.29 is 4.42 Å². The van der Waals surface area contributed by atoms with Gasteiger partial charge in [-0.15, -0.1) is 11.8 Å². The summed E-state index contributed by atoms with van der Waals surface area (Å²) >= 11 is 5.16. The zero-order chi connectivity index (χ0) is 14.8. The zero-order valence-corrected chi connectivity index (χ0v) is 13.5. The molecule has 4 nitrogen and oxygen atoms in total. The van der Waals surface area contributed by atoms with Crippen molar-refractivity contribution in [1.82, 2.24) is 4.57 Å². The summed E-state index contributed by atoms with van der Waals surface area (Å²) in [6.07, 6.45) is 0. The lowest BCUT2D eigenvalue weighted by atomic mass is 10.3. The minimum Gasteiger partial charge on any atom is -0.408 e. The standard InChI is InChI=1S/C15H13BrN2O2S/c16-11-9-10(17)5-6-14(11)21-8-7-18-12-3-1-2-4-13(12)20-15(18)19/h1-6,9H,7-8,17H2. The van der Waals surface area contributed by atoms with E-state index < -0.39 is 0 Å². The summed E-state index contributed by atoms with van der Waals surface area (Å²) in [5.74, 6) is 0.458. The van der Waals surface area contributed by atoms with Crippen molar-refractivity contribution in [2.45, 2.75) is 11.4 Å². The summed E-state index contributed by atoms with van der Waals surface area (Å²) in [6, 6.07) is 13.2. The number of hydrogen-bond acceptors (Lipinski definition) is 4. The van der Waals surface area contributed by atoms with Crippen LogP contribution in [-0.2, 0) is 6.54 Å². The number of halogens is 1. The van der Waals surface area contributed by atoms with Gasteiger partial charge in [0.2, 0.25) is 0 Å². The van der Waals surface area contributed by atoms with E-state index in [1.807, 2.05) is 36.4 Å². The summed E-state index contributed by atoms with van der Waals surface area (Å²) in [5.41, 5.74) is 7.90. The molecule has 1 aromatic heterocycles. The summed E-state index contributed by atoms with van der Waals surface area (Å²) in [7, 11) is 0. The Kier molecular flexibility index (Phi) is 4.07. The summed E-state index contributed by atoms with van der Waals surface area (Å²) < 4.78 is 7.84. The molecule has 1 heterocycles. The van der Waals surface area contributed by atoms with Crippen LogP contribution in [0.5, 0.6) is 0 Å². The SMILES string of the molecule is Nc1ccc(SCCn2c(=O)oc3ccccc32)c(Br)c1. The first kappa shape index (κ1) is 14.3. The van der Waals surface area contributed by atoms with E-state index in [4.69, 9.17) is 10.2 Å². The quantitative estimate of drug-likeness (QED) is 0.565. The smallest absolute Gasteiger partial charge is 0.408 e. The third-order valence-electron chi connectivity index (χ3n) is 3.10. The fourth-order valence-corrected chi connectivity index (χ4v) is 3.70. The molecule has 0 aliphatic carbocycles. The number of hydrogen-bond donors (Lipinski definition) is 1. The third-order valence-corrected chi connectivity index (χ3v) is 5.07. The van der Waals surface area contributed by atoms with Crippen molar-refractivity contribution >= 4 is 44.5 Å². The molecule has 0 fully saturated rings. The number of anilines is 1. The van der Waals surface area contributed by atoms with Crippen molar-refractivity contribution in [3.05, 3.63) is 57.5 Å². The first-order chi connectivity index (χ1) is 10.1. The molecule has 0 amide bonds. The molecule has 3 rings (SSSR count). The van der Waals surface area contributed by atoms with Gasteiger partial charge < -0.3 is 10.2 Å². The zero-order valence-electron chi connectivity index (χ0n) is 11.1. The number of oxazole rings is 1. The molecule has 0 radical (unpaired) electrons. The normalized spacial score (nSPS) is 11.1. The monoisotopic (exact) mass is 364 g/mol. The maximum Gasteiger partial charge on any atom is 0.419 e. The fraction of sp³-hybridized carbons (Fsp3) is 0.133. The highest BCUT2D eigenvalue weighted by Crippen LogP contribution is 2.29. The van der Waals surface area contributed by atoms with Gasteiger partial charge in [0.1, 0.15) is 0 Å². The second kappa shape index (κ2) is 5.99. The van der Waals surface area contributed by atoms with E-state index in [9.17, 15) is 4.79 Å². The largest absolute Gasteiger partial charge is 0.419 e. The van der Waals surface area contributed by atoms with Crippen molar-refractivity contribution in [2.75, 3.05) is 11.5 Å². The van der Waals surface area contributed by atoms with Crippen molar-refractivity contribution in [3.63, 3.8) is 0 Å². The first-order valence-corrected chi connectivity index (χ1v) is 8.19. The van der Waals surface area contributed by atoms with Crippen LogP contribution in [0.3, 0.4) is 0 Å². The minimum absolute atomic E-state index is 0.312. The maximum atomic E-state index is 11.9. The van der Waals surface area contributed by atoms with E-state index in [-0.39, 0.29) is 5.76 Å². The second-order valence-electron chi connectivity index (χ2n) is 4.53. The summed E-state index contributed by atoms with van der Waals surface area (Å²) in [5, 5.41) is 0. The lowest BCUT2D eigenvalue weighted by molar-refractivity contribution is 0.514. The summed E-state index contributed by atoms with van der Waals surface area (Å²) in [6.45, 7) is 0.595. The molecular formula is C15H13BrN2O2S. The molecule has 0 aliphatic rings. The number of nitrogens with zero attached hydrogens (tertiary/aromatic N) is 1. The molecule has 21 heavy (non-hydrogen) atoms. The van der Waals surface area contributed by atoms with Crippen LogP contribution < -0.4 is 11.5 Å². The number of benzene rings is 2. The minimum atomic E-state index is -0.312. The van der Waals surface area contributed by atoms with Crippen LogP contribution in [0.4, 0.5) is 5.69 Å². The van der Waals surface area contributed by atoms with Gasteiger partial charge in [-0.1, -0.05) is 12.1 Å². The van der Waals surface area contributed by atoms with E-state index in [1.165, 1.54) is 0 Å². The number of aryl methyl sites for hydroxylation is 1. The Morgan fingerprint density at radius 1 is 1.24 bits per heavy atom. The van der Waals surface area contributed by atoms with Crippen LogP contribution in [0.1, 0.15) is 0 Å². The molecule has 0 spiro atoms. The fourth-order valence-electron chi connectivity index (χ4n) is 2.11. The van der Waals surface area contributed by atoms with Crippen LogP contribution >= 0.6 is 27.7 Å². The predicted octanol–water partition coefficient (Wildman–Crippen LogP) is 3.73. The molecule has 0 saturated heterocycles. The number of thioether (sulfide) groups is 1. The Balaban J connectivity index is 1.75. The van der Waals surface area contributed by atoms with E-state index in [1.54, 1.807) is 22.4 Å². The number of fused-ring (bicyclic) bond motifs is 1. The number of nitrogen functional groups attached to an aromatic ring is 1. The molecule has 2 aromatic carbocycles. The number of aromatic nitrogens is 1. The van der Waals surface area contributed by atoms with Crippen LogP contribution in [-0.4, -0.2) is 10.3 Å². The topological polar surface area (TPSA) is 61.2 Å². The van der Waals surface area contributed by atoms with Gasteiger partial charge in [-0.3, -0.25) is 4.57 Å². The number of para-hydroxylation sites is 2. The highest BCUT2D eigenvalue weighted by molar-refractivity contribution is 9.10. The average Bonchev–Trinajstić information content (AvgIpc) is 2.77. The van der Waals surface area contributed by atoms with Crippen LogP contribution in [0.15, 0.2) is 61.0 Å². The van der Waals surface area contributed by atoms with E-state index in [0.717, 1.165) is 26.3 Å². The predicted molar refractivity (Wildman–Crippen MR) is 89.8 cm³/mol. The molecule has 0 atom stereocenters. The molecule has 0 unspecified atom stereocenters. The molecule has 6 heteroatoms. The Morgan fingerprint density at radius 2 is 2.05 bits per heavy atom.